The van der Waals surface area contributed by atoms with Gasteiger partial charge in [0.15, 0.2) is 0 Å². The van der Waals surface area contributed by atoms with Gasteiger partial charge in [0.05, 0.1) is 47.4 Å². The van der Waals surface area contributed by atoms with E-state index in [1.54, 1.807) is 29.5 Å². The van der Waals surface area contributed by atoms with Crippen LogP contribution in [-0.2, 0) is 12.5 Å². The molecule has 1 aliphatic rings. The van der Waals surface area contributed by atoms with Gasteiger partial charge in [-0.25, -0.2) is 4.98 Å². The van der Waals surface area contributed by atoms with Crippen LogP contribution in [0.25, 0.3) is 22.5 Å². The molecule has 7 heteroatoms. The number of nitrogens with zero attached hydrogens (tertiary/aromatic N) is 6. The lowest BCUT2D eigenvalue weighted by Crippen LogP contribution is -2.04. The lowest BCUT2D eigenvalue weighted by molar-refractivity contribution is 0.774. The molecule has 3 heterocycles. The van der Waals surface area contributed by atoms with E-state index in [1.807, 2.05) is 13.2 Å². The minimum Gasteiger partial charge on any atom is -0.323 e. The molecule has 1 fully saturated rings. The Morgan fingerprint density at radius 1 is 0.938 bits per heavy atom. The third-order valence-corrected chi connectivity index (χ3v) is 6.24. The smallest absolute Gasteiger partial charge is 0.150 e. The summed E-state index contributed by atoms with van der Waals surface area (Å²) in [5.74, 6) is 1.77. The van der Waals surface area contributed by atoms with Crippen LogP contribution in [0.3, 0.4) is 0 Å². The second-order valence-electron chi connectivity index (χ2n) is 9.06. The minimum atomic E-state index is 0.301. The van der Waals surface area contributed by atoms with E-state index in [0.29, 0.717) is 17.2 Å². The number of hydrogen-bond acceptors (Lipinski definition) is 6. The maximum absolute atomic E-state index is 4.68. The van der Waals surface area contributed by atoms with Crippen molar-refractivity contribution in [3.05, 3.63) is 66.5 Å². The zero-order valence-electron chi connectivity index (χ0n) is 18.9. The minimum absolute atomic E-state index is 0.301. The number of aromatic nitrogens is 6. The fraction of sp³-hybridized carbons (Fsp3) is 0.320. The van der Waals surface area contributed by atoms with Crippen LogP contribution in [0.5, 0.6) is 0 Å². The maximum atomic E-state index is 4.68. The van der Waals surface area contributed by atoms with E-state index in [-0.39, 0.29) is 0 Å². The summed E-state index contributed by atoms with van der Waals surface area (Å²) in [5.41, 5.74) is 6.25. The number of aryl methyl sites for hydroxylation is 1. The van der Waals surface area contributed by atoms with E-state index in [2.05, 4.69) is 75.4 Å². The Bertz CT molecular complexity index is 1240. The van der Waals surface area contributed by atoms with Gasteiger partial charge in [0, 0.05) is 18.8 Å². The van der Waals surface area contributed by atoms with Gasteiger partial charge in [-0.2, -0.15) is 5.10 Å². The third-order valence-electron chi connectivity index (χ3n) is 6.24. The van der Waals surface area contributed by atoms with Crippen molar-refractivity contribution in [3.63, 3.8) is 0 Å². The van der Waals surface area contributed by atoms with E-state index in [4.69, 9.17) is 0 Å². The number of hydrogen-bond donors (Lipinski definition) is 1. The Kier molecular flexibility index (Phi) is 4.96. The molecule has 0 atom stereocenters. The first-order valence-electron chi connectivity index (χ1n) is 11.0. The molecule has 1 aromatic carbocycles. The molecule has 3 aromatic heterocycles. The van der Waals surface area contributed by atoms with Crippen LogP contribution in [0.2, 0.25) is 0 Å². The predicted octanol–water partition coefficient (Wildman–Crippen LogP) is 5.25. The van der Waals surface area contributed by atoms with Crippen LogP contribution < -0.4 is 5.32 Å². The quantitative estimate of drug-likeness (QED) is 0.454. The van der Waals surface area contributed by atoms with Gasteiger partial charge in [0.25, 0.3) is 0 Å². The number of nitrogens with one attached hydrogen (secondary N) is 1. The fourth-order valence-electron chi connectivity index (χ4n) is 3.75. The van der Waals surface area contributed by atoms with E-state index in [1.165, 1.54) is 18.4 Å². The van der Waals surface area contributed by atoms with Crippen LogP contribution in [-0.4, -0.2) is 29.7 Å². The van der Waals surface area contributed by atoms with Gasteiger partial charge in [-0.05, 0) is 29.7 Å². The van der Waals surface area contributed by atoms with Crippen LogP contribution in [0.15, 0.2) is 55.2 Å². The summed E-state index contributed by atoms with van der Waals surface area (Å²) in [7, 11) is 1.88. The molecule has 0 aliphatic heterocycles. The molecule has 1 N–H and O–H groups in total. The van der Waals surface area contributed by atoms with E-state index < -0.39 is 0 Å². The first kappa shape index (κ1) is 20.3. The average molecular weight is 426 g/mol. The highest BCUT2D eigenvalue weighted by molar-refractivity contribution is 5.75. The zero-order valence-corrected chi connectivity index (χ0v) is 18.9. The standard InChI is InChI=1S/C25H27N7/c1-16(2)20-12-26-15-23(30-20)31-24-19(11-29-32(24)4)22-14-27-21(13-28-22)17-5-7-18(8-6-17)25(3)9-10-25/h5-8,11-16H,9-10H2,1-4H3,(H,30,31). The lowest BCUT2D eigenvalue weighted by atomic mass is 9.97. The van der Waals surface area contributed by atoms with Gasteiger partial charge in [-0.15, -0.1) is 0 Å². The Labute approximate surface area is 188 Å². The van der Waals surface area contributed by atoms with Crippen LogP contribution in [0, 0.1) is 0 Å². The average Bonchev–Trinajstić information content (AvgIpc) is 3.47. The molecule has 32 heavy (non-hydrogen) atoms. The molecule has 7 nitrogen and oxygen atoms in total. The Morgan fingerprint density at radius 2 is 1.66 bits per heavy atom. The Balaban J connectivity index is 1.39. The molecule has 0 unspecified atom stereocenters. The molecular formula is C25H27N7. The Morgan fingerprint density at radius 3 is 2.31 bits per heavy atom. The first-order chi connectivity index (χ1) is 15.4. The number of rotatable bonds is 6. The molecule has 5 rings (SSSR count). The van der Waals surface area contributed by atoms with E-state index in [0.717, 1.165) is 34.0 Å². The largest absolute Gasteiger partial charge is 0.323 e. The van der Waals surface area contributed by atoms with E-state index >= 15 is 0 Å². The number of anilines is 2. The topological polar surface area (TPSA) is 81.4 Å². The maximum Gasteiger partial charge on any atom is 0.150 e. The van der Waals surface area contributed by atoms with E-state index in [9.17, 15) is 0 Å². The summed E-state index contributed by atoms with van der Waals surface area (Å²) in [4.78, 5) is 18.3. The molecular weight excluding hydrogens is 398 g/mol. The number of benzene rings is 1. The normalized spacial score (nSPS) is 14.5. The highest BCUT2D eigenvalue weighted by Crippen LogP contribution is 2.47. The van der Waals surface area contributed by atoms with Crippen molar-refractivity contribution < 1.29 is 0 Å². The second kappa shape index (κ2) is 7.82. The van der Waals surface area contributed by atoms with Crippen LogP contribution in [0.4, 0.5) is 11.6 Å². The second-order valence-corrected chi connectivity index (χ2v) is 9.06. The Hall–Kier alpha value is -3.61. The third kappa shape index (κ3) is 3.86. The molecule has 0 saturated heterocycles. The van der Waals surface area contributed by atoms with Crippen molar-refractivity contribution in [2.75, 3.05) is 5.32 Å². The molecule has 1 saturated carbocycles. The summed E-state index contributed by atoms with van der Waals surface area (Å²) >= 11 is 0. The first-order valence-corrected chi connectivity index (χ1v) is 11.0. The van der Waals surface area contributed by atoms with Crippen LogP contribution in [0.1, 0.15) is 50.8 Å². The summed E-state index contributed by atoms with van der Waals surface area (Å²) in [5, 5.41) is 7.75. The lowest BCUT2D eigenvalue weighted by Gasteiger charge is -2.11. The predicted molar refractivity (Wildman–Crippen MR) is 126 cm³/mol. The summed E-state index contributed by atoms with van der Waals surface area (Å²) in [6.07, 6.45) is 11.5. The molecule has 0 radical (unpaired) electrons. The fourth-order valence-corrected chi connectivity index (χ4v) is 3.75. The molecule has 1 aliphatic carbocycles. The highest BCUT2D eigenvalue weighted by atomic mass is 15.3. The monoisotopic (exact) mass is 425 g/mol. The van der Waals surface area contributed by atoms with Crippen molar-refractivity contribution in [2.45, 2.75) is 44.9 Å². The zero-order chi connectivity index (χ0) is 22.3. The van der Waals surface area contributed by atoms with Gasteiger partial charge >= 0.3 is 0 Å². The van der Waals surface area contributed by atoms with Crippen molar-refractivity contribution >= 4 is 11.6 Å². The van der Waals surface area contributed by atoms with Gasteiger partial charge in [0.2, 0.25) is 0 Å². The molecule has 0 bridgehead atoms. The molecule has 4 aromatic rings. The van der Waals surface area contributed by atoms with Crippen molar-refractivity contribution in [3.8, 4) is 22.5 Å². The molecule has 162 valence electrons. The SMILES string of the molecule is CC(C)c1cncc(Nc2c(-c3cnc(-c4ccc(C5(C)CC5)cc4)cn3)cnn2C)n1. The van der Waals surface area contributed by atoms with Gasteiger partial charge in [0.1, 0.15) is 11.6 Å². The summed E-state index contributed by atoms with van der Waals surface area (Å²) in [6.45, 7) is 6.52. The summed E-state index contributed by atoms with van der Waals surface area (Å²) < 4.78 is 1.77. The van der Waals surface area contributed by atoms with Crippen molar-refractivity contribution in [1.82, 2.24) is 29.7 Å². The van der Waals surface area contributed by atoms with Gasteiger partial charge < -0.3 is 5.32 Å². The van der Waals surface area contributed by atoms with Crippen molar-refractivity contribution in [2.24, 2.45) is 7.05 Å². The molecule has 0 amide bonds. The van der Waals surface area contributed by atoms with Crippen molar-refractivity contribution in [1.29, 1.82) is 0 Å². The summed E-state index contributed by atoms with van der Waals surface area (Å²) in [6, 6.07) is 8.71. The molecule has 0 spiro atoms. The van der Waals surface area contributed by atoms with Gasteiger partial charge in [-0.3, -0.25) is 19.6 Å². The van der Waals surface area contributed by atoms with Crippen LogP contribution >= 0.6 is 0 Å². The highest BCUT2D eigenvalue weighted by Gasteiger charge is 2.38. The van der Waals surface area contributed by atoms with Gasteiger partial charge in [-0.1, -0.05) is 45.0 Å².